The molecule has 0 spiro atoms. The number of rotatable bonds is 3. The fourth-order valence-electron chi connectivity index (χ4n) is 1.39. The molecular weight excluding hydrogens is 256 g/mol. The number of aromatic nitrogens is 1. The van der Waals surface area contributed by atoms with Crippen molar-refractivity contribution in [1.29, 1.82) is 0 Å². The first kappa shape index (κ1) is 14.4. The summed E-state index contributed by atoms with van der Waals surface area (Å²) in [5.74, 6) is -1.64. The second kappa shape index (κ2) is 5.35. The average Bonchev–Trinajstić information content (AvgIpc) is 2.23. The van der Waals surface area contributed by atoms with Crippen molar-refractivity contribution >= 4 is 23.5 Å². The zero-order chi connectivity index (χ0) is 13.9. The first-order valence-electron chi connectivity index (χ1n) is 5.38. The number of pyridine rings is 1. The highest BCUT2D eigenvalue weighted by molar-refractivity contribution is 6.29. The second-order valence-corrected chi connectivity index (χ2v) is 5.34. The highest BCUT2D eigenvalue weighted by Gasteiger charge is 2.33. The third-order valence-electron chi connectivity index (χ3n) is 2.34. The number of hydrogen-bond donors (Lipinski definition) is 2. The molecule has 2 N–H and O–H groups in total. The Balaban J connectivity index is 2.89. The van der Waals surface area contributed by atoms with E-state index in [1.807, 2.05) is 0 Å². The number of nitrogens with one attached hydrogen (secondary N) is 1. The standard InChI is InChI=1S/C12H15ClN2O3/c1-12(2,3)9(11(17)18)15-10(16)7-5-4-6-8(13)14-7/h4-6,9H,1-3H3,(H,15,16)(H,17,18)/t9-/m0/s1. The van der Waals surface area contributed by atoms with Crippen LogP contribution in [0.1, 0.15) is 31.3 Å². The van der Waals surface area contributed by atoms with Crippen LogP contribution in [-0.4, -0.2) is 28.0 Å². The second-order valence-electron chi connectivity index (χ2n) is 4.96. The van der Waals surface area contributed by atoms with E-state index in [2.05, 4.69) is 10.3 Å². The third-order valence-corrected chi connectivity index (χ3v) is 2.55. The Labute approximate surface area is 110 Å². The van der Waals surface area contributed by atoms with Gasteiger partial charge >= 0.3 is 5.97 Å². The van der Waals surface area contributed by atoms with Crippen molar-refractivity contribution in [3.63, 3.8) is 0 Å². The van der Waals surface area contributed by atoms with Gasteiger partial charge < -0.3 is 10.4 Å². The van der Waals surface area contributed by atoms with E-state index in [0.717, 1.165) is 0 Å². The van der Waals surface area contributed by atoms with E-state index in [9.17, 15) is 9.59 Å². The molecule has 0 fully saturated rings. The summed E-state index contributed by atoms with van der Waals surface area (Å²) in [7, 11) is 0. The first-order valence-corrected chi connectivity index (χ1v) is 5.76. The third kappa shape index (κ3) is 3.70. The van der Waals surface area contributed by atoms with Crippen molar-refractivity contribution in [1.82, 2.24) is 10.3 Å². The fourth-order valence-corrected chi connectivity index (χ4v) is 1.55. The Morgan fingerprint density at radius 1 is 1.39 bits per heavy atom. The molecule has 1 aromatic heterocycles. The highest BCUT2D eigenvalue weighted by Crippen LogP contribution is 2.19. The van der Waals surface area contributed by atoms with E-state index in [1.165, 1.54) is 12.1 Å². The summed E-state index contributed by atoms with van der Waals surface area (Å²) < 4.78 is 0. The number of carbonyl (C=O) groups excluding carboxylic acids is 1. The summed E-state index contributed by atoms with van der Waals surface area (Å²) in [6.07, 6.45) is 0. The Hall–Kier alpha value is -1.62. The summed E-state index contributed by atoms with van der Waals surface area (Å²) >= 11 is 5.67. The molecule has 0 bridgehead atoms. The van der Waals surface area contributed by atoms with Crippen molar-refractivity contribution < 1.29 is 14.7 Å². The lowest BCUT2D eigenvalue weighted by molar-refractivity contribution is -0.142. The minimum Gasteiger partial charge on any atom is -0.480 e. The first-order chi connectivity index (χ1) is 8.21. The molecule has 0 aliphatic carbocycles. The van der Waals surface area contributed by atoms with Crippen molar-refractivity contribution in [2.75, 3.05) is 0 Å². The number of halogens is 1. The van der Waals surface area contributed by atoms with Gasteiger partial charge in [-0.25, -0.2) is 9.78 Å². The van der Waals surface area contributed by atoms with E-state index < -0.39 is 23.3 Å². The van der Waals surface area contributed by atoms with Crippen LogP contribution in [0.4, 0.5) is 0 Å². The number of nitrogens with zero attached hydrogens (tertiary/aromatic N) is 1. The van der Waals surface area contributed by atoms with Gasteiger partial charge in [-0.2, -0.15) is 0 Å². The normalized spacial score (nSPS) is 12.9. The maximum Gasteiger partial charge on any atom is 0.326 e. The van der Waals surface area contributed by atoms with Gasteiger partial charge in [0.05, 0.1) is 0 Å². The summed E-state index contributed by atoms with van der Waals surface area (Å²) in [5, 5.41) is 11.7. The topological polar surface area (TPSA) is 79.3 Å². The Kier molecular flexibility index (Phi) is 4.29. The Morgan fingerprint density at radius 3 is 2.44 bits per heavy atom. The van der Waals surface area contributed by atoms with Gasteiger partial charge in [0.2, 0.25) is 0 Å². The predicted octanol–water partition coefficient (Wildman–Crippen LogP) is 1.96. The van der Waals surface area contributed by atoms with Crippen LogP contribution in [0.2, 0.25) is 5.15 Å². The molecule has 18 heavy (non-hydrogen) atoms. The van der Waals surface area contributed by atoms with Crippen molar-refractivity contribution in [3.05, 3.63) is 29.0 Å². The molecule has 0 aliphatic heterocycles. The monoisotopic (exact) mass is 270 g/mol. The zero-order valence-corrected chi connectivity index (χ0v) is 11.2. The number of hydrogen-bond acceptors (Lipinski definition) is 3. The van der Waals surface area contributed by atoms with Crippen LogP contribution in [0.25, 0.3) is 0 Å². The Morgan fingerprint density at radius 2 is 2.00 bits per heavy atom. The maximum atomic E-state index is 11.9. The molecule has 0 saturated carbocycles. The fraction of sp³-hybridized carbons (Fsp3) is 0.417. The molecule has 98 valence electrons. The van der Waals surface area contributed by atoms with Gasteiger partial charge in [0.1, 0.15) is 16.9 Å². The minimum atomic E-state index is -1.09. The lowest BCUT2D eigenvalue weighted by Crippen LogP contribution is -2.49. The van der Waals surface area contributed by atoms with Gasteiger partial charge in [-0.05, 0) is 17.5 Å². The van der Waals surface area contributed by atoms with Gasteiger partial charge in [0, 0.05) is 0 Å². The average molecular weight is 271 g/mol. The van der Waals surface area contributed by atoms with E-state index in [4.69, 9.17) is 16.7 Å². The zero-order valence-electron chi connectivity index (χ0n) is 10.4. The number of carboxylic acid groups (broad SMARTS) is 1. The van der Waals surface area contributed by atoms with Crippen molar-refractivity contribution in [2.45, 2.75) is 26.8 Å². The van der Waals surface area contributed by atoms with E-state index >= 15 is 0 Å². The van der Waals surface area contributed by atoms with Gasteiger partial charge in [0.25, 0.3) is 5.91 Å². The number of amides is 1. The lowest BCUT2D eigenvalue weighted by Gasteiger charge is -2.27. The molecule has 1 rings (SSSR count). The molecule has 6 heteroatoms. The molecule has 5 nitrogen and oxygen atoms in total. The SMILES string of the molecule is CC(C)(C)[C@@H](NC(=O)c1cccc(Cl)n1)C(=O)O. The quantitative estimate of drug-likeness (QED) is 0.823. The van der Waals surface area contributed by atoms with Crippen LogP contribution >= 0.6 is 11.6 Å². The van der Waals surface area contributed by atoms with Crippen molar-refractivity contribution in [2.24, 2.45) is 5.41 Å². The van der Waals surface area contributed by atoms with E-state index in [1.54, 1.807) is 26.8 Å². The van der Waals surface area contributed by atoms with Crippen LogP contribution in [0.5, 0.6) is 0 Å². The maximum absolute atomic E-state index is 11.9. The van der Waals surface area contributed by atoms with Crippen molar-refractivity contribution in [3.8, 4) is 0 Å². The molecule has 0 aromatic carbocycles. The highest BCUT2D eigenvalue weighted by atomic mass is 35.5. The Bertz CT molecular complexity index is 469. The molecule has 0 radical (unpaired) electrons. The van der Waals surface area contributed by atoms with E-state index in [-0.39, 0.29) is 10.8 Å². The smallest absolute Gasteiger partial charge is 0.326 e. The van der Waals surface area contributed by atoms with Gasteiger partial charge in [-0.3, -0.25) is 4.79 Å². The van der Waals surface area contributed by atoms with E-state index in [0.29, 0.717) is 0 Å². The molecule has 0 unspecified atom stereocenters. The lowest BCUT2D eigenvalue weighted by atomic mass is 9.86. The van der Waals surface area contributed by atoms with Crippen LogP contribution < -0.4 is 5.32 Å². The summed E-state index contributed by atoms with van der Waals surface area (Å²) in [5.41, 5.74) is -0.502. The molecule has 1 amide bonds. The molecular formula is C12H15ClN2O3. The number of aliphatic carboxylic acids is 1. The molecule has 1 aromatic rings. The van der Waals surface area contributed by atoms with Gasteiger partial charge in [0.15, 0.2) is 0 Å². The molecule has 0 aliphatic rings. The van der Waals surface area contributed by atoms with Crippen LogP contribution in [0.3, 0.4) is 0 Å². The van der Waals surface area contributed by atoms with Crippen LogP contribution in [0, 0.1) is 5.41 Å². The molecule has 1 heterocycles. The van der Waals surface area contributed by atoms with Gasteiger partial charge in [-0.1, -0.05) is 38.4 Å². The van der Waals surface area contributed by atoms with Gasteiger partial charge in [-0.15, -0.1) is 0 Å². The van der Waals surface area contributed by atoms with Crippen LogP contribution in [-0.2, 0) is 4.79 Å². The summed E-state index contributed by atoms with van der Waals surface area (Å²) in [6.45, 7) is 5.20. The number of carboxylic acids is 1. The molecule has 1 atom stereocenters. The summed E-state index contributed by atoms with van der Waals surface area (Å²) in [4.78, 5) is 26.8. The summed E-state index contributed by atoms with van der Waals surface area (Å²) in [6, 6.07) is 3.60. The molecule has 0 saturated heterocycles. The minimum absolute atomic E-state index is 0.0954. The largest absolute Gasteiger partial charge is 0.480 e. The predicted molar refractivity (Wildman–Crippen MR) is 67.6 cm³/mol. The number of carbonyl (C=O) groups is 2. The van der Waals surface area contributed by atoms with Crippen LogP contribution in [0.15, 0.2) is 18.2 Å².